The van der Waals surface area contributed by atoms with Crippen molar-refractivity contribution in [3.8, 4) is 11.5 Å². The molecule has 1 aromatic rings. The Bertz CT molecular complexity index is 636. The van der Waals surface area contributed by atoms with Crippen LogP contribution in [0.4, 0.5) is 0 Å². The Balaban J connectivity index is 2.03. The van der Waals surface area contributed by atoms with Gasteiger partial charge in [-0.15, -0.1) is 0 Å². The van der Waals surface area contributed by atoms with Crippen molar-refractivity contribution >= 4 is 11.8 Å². The molecule has 25 heavy (non-hydrogen) atoms. The Morgan fingerprint density at radius 3 is 2.80 bits per heavy atom. The molecule has 0 saturated carbocycles. The van der Waals surface area contributed by atoms with Gasteiger partial charge in [0, 0.05) is 19.4 Å². The quantitative estimate of drug-likeness (QED) is 0.475. The normalized spacial score (nSPS) is 19.2. The molecule has 0 fully saturated rings. The van der Waals surface area contributed by atoms with Crippen LogP contribution in [0.1, 0.15) is 12.6 Å². The molecular weight excluding hydrogens is 330 g/mol. The van der Waals surface area contributed by atoms with E-state index < -0.39 is 11.5 Å². The molecule has 1 aromatic heterocycles. The van der Waals surface area contributed by atoms with Gasteiger partial charge in [0.25, 0.3) is 0 Å². The monoisotopic (exact) mass is 353 g/mol. The SMILES string of the molecule is COCCOCCOc1ccnc(C2=NC(C)(C(=O)OC)CN2)c1O. The third-order valence-electron chi connectivity index (χ3n) is 3.61. The molecule has 1 atom stereocenters. The van der Waals surface area contributed by atoms with Gasteiger partial charge in [-0.2, -0.15) is 0 Å². The van der Waals surface area contributed by atoms with E-state index >= 15 is 0 Å². The van der Waals surface area contributed by atoms with E-state index in [2.05, 4.69) is 15.3 Å². The van der Waals surface area contributed by atoms with Crippen LogP contribution in [0, 0.1) is 0 Å². The Morgan fingerprint density at radius 2 is 2.08 bits per heavy atom. The topological polar surface area (TPSA) is 112 Å². The van der Waals surface area contributed by atoms with E-state index in [0.29, 0.717) is 25.7 Å². The molecule has 2 heterocycles. The summed E-state index contributed by atoms with van der Waals surface area (Å²) in [5.74, 6) is -0.0430. The zero-order chi connectivity index (χ0) is 18.3. The number of amidine groups is 1. The molecule has 1 aliphatic rings. The minimum atomic E-state index is -1.05. The van der Waals surface area contributed by atoms with Gasteiger partial charge in [0.1, 0.15) is 6.61 Å². The summed E-state index contributed by atoms with van der Waals surface area (Å²) in [6, 6.07) is 1.54. The van der Waals surface area contributed by atoms with Crippen LogP contribution in [0.5, 0.6) is 11.5 Å². The van der Waals surface area contributed by atoms with Gasteiger partial charge in [-0.1, -0.05) is 0 Å². The summed E-state index contributed by atoms with van der Waals surface area (Å²) >= 11 is 0. The fraction of sp³-hybridized carbons (Fsp3) is 0.562. The van der Waals surface area contributed by atoms with E-state index in [-0.39, 0.29) is 30.3 Å². The van der Waals surface area contributed by atoms with Gasteiger partial charge < -0.3 is 29.4 Å². The lowest BCUT2D eigenvalue weighted by Crippen LogP contribution is -2.38. The van der Waals surface area contributed by atoms with E-state index in [0.717, 1.165) is 0 Å². The average Bonchev–Trinajstić information content (AvgIpc) is 3.02. The first-order valence-electron chi connectivity index (χ1n) is 7.82. The summed E-state index contributed by atoms with van der Waals surface area (Å²) in [5, 5.41) is 13.3. The first-order valence-corrected chi connectivity index (χ1v) is 7.82. The maximum atomic E-state index is 11.8. The van der Waals surface area contributed by atoms with Crippen molar-refractivity contribution in [1.29, 1.82) is 0 Å². The molecule has 0 amide bonds. The third-order valence-corrected chi connectivity index (χ3v) is 3.61. The van der Waals surface area contributed by atoms with Crippen LogP contribution in [0.15, 0.2) is 17.3 Å². The van der Waals surface area contributed by atoms with Crippen LogP contribution in [0.2, 0.25) is 0 Å². The zero-order valence-electron chi connectivity index (χ0n) is 14.6. The van der Waals surface area contributed by atoms with E-state index in [1.807, 2.05) is 0 Å². The number of aliphatic imine (C=N–C) groups is 1. The fourth-order valence-electron chi connectivity index (χ4n) is 2.24. The number of methoxy groups -OCH3 is 2. The predicted molar refractivity (Wildman–Crippen MR) is 89.1 cm³/mol. The second-order valence-electron chi connectivity index (χ2n) is 5.54. The lowest BCUT2D eigenvalue weighted by atomic mass is 10.1. The number of pyridine rings is 1. The summed E-state index contributed by atoms with van der Waals surface area (Å²) in [5.41, 5.74) is -0.838. The Morgan fingerprint density at radius 1 is 1.32 bits per heavy atom. The van der Waals surface area contributed by atoms with Crippen LogP contribution < -0.4 is 10.1 Å². The van der Waals surface area contributed by atoms with Crippen LogP contribution in [-0.2, 0) is 19.0 Å². The number of esters is 1. The zero-order valence-corrected chi connectivity index (χ0v) is 14.6. The number of aromatic nitrogens is 1. The van der Waals surface area contributed by atoms with Gasteiger partial charge in [-0.05, 0) is 6.92 Å². The highest BCUT2D eigenvalue weighted by Gasteiger charge is 2.40. The van der Waals surface area contributed by atoms with Gasteiger partial charge in [0.2, 0.25) is 0 Å². The van der Waals surface area contributed by atoms with Crippen molar-refractivity contribution < 1.29 is 28.8 Å². The summed E-state index contributed by atoms with van der Waals surface area (Å²) < 4.78 is 20.4. The third kappa shape index (κ3) is 4.58. The number of ether oxygens (including phenoxy) is 4. The number of carbonyl (C=O) groups excluding carboxylic acids is 1. The molecule has 138 valence electrons. The number of carbonyl (C=O) groups is 1. The second-order valence-corrected chi connectivity index (χ2v) is 5.54. The molecule has 0 spiro atoms. The van der Waals surface area contributed by atoms with Gasteiger partial charge >= 0.3 is 5.97 Å². The number of hydrogen-bond acceptors (Lipinski definition) is 9. The first-order chi connectivity index (χ1) is 12.0. The van der Waals surface area contributed by atoms with Gasteiger partial charge in [0.05, 0.1) is 33.5 Å². The summed E-state index contributed by atoms with van der Waals surface area (Å²) in [7, 11) is 2.90. The van der Waals surface area contributed by atoms with Gasteiger partial charge in [-0.3, -0.25) is 0 Å². The number of nitrogens with one attached hydrogen (secondary N) is 1. The lowest BCUT2D eigenvalue weighted by Gasteiger charge is -2.15. The smallest absolute Gasteiger partial charge is 0.335 e. The molecule has 1 aliphatic heterocycles. The van der Waals surface area contributed by atoms with Crippen molar-refractivity contribution in [1.82, 2.24) is 10.3 Å². The molecular formula is C16H23N3O6. The van der Waals surface area contributed by atoms with Crippen molar-refractivity contribution in [2.45, 2.75) is 12.5 Å². The highest BCUT2D eigenvalue weighted by Crippen LogP contribution is 2.30. The predicted octanol–water partition coefficient (Wildman–Crippen LogP) is 0.111. The van der Waals surface area contributed by atoms with E-state index in [1.54, 1.807) is 20.1 Å². The maximum absolute atomic E-state index is 11.8. The largest absolute Gasteiger partial charge is 0.503 e. The highest BCUT2D eigenvalue weighted by atomic mass is 16.5. The molecule has 0 aliphatic carbocycles. The highest BCUT2D eigenvalue weighted by molar-refractivity contribution is 6.04. The second kappa shape index (κ2) is 8.63. The van der Waals surface area contributed by atoms with Crippen molar-refractivity contribution in [3.63, 3.8) is 0 Å². The minimum Gasteiger partial charge on any atom is -0.503 e. The molecule has 0 bridgehead atoms. The number of hydrogen-bond donors (Lipinski definition) is 2. The van der Waals surface area contributed by atoms with E-state index in [4.69, 9.17) is 18.9 Å². The van der Waals surface area contributed by atoms with Crippen LogP contribution >= 0.6 is 0 Å². The molecule has 0 saturated heterocycles. The van der Waals surface area contributed by atoms with Crippen LogP contribution in [-0.4, -0.2) is 74.6 Å². The molecule has 0 aromatic carbocycles. The molecule has 1 unspecified atom stereocenters. The van der Waals surface area contributed by atoms with Crippen molar-refractivity contribution in [3.05, 3.63) is 18.0 Å². The Hall–Kier alpha value is -2.39. The molecule has 9 nitrogen and oxygen atoms in total. The van der Waals surface area contributed by atoms with Crippen LogP contribution in [0.25, 0.3) is 0 Å². The number of nitrogens with zero attached hydrogens (tertiary/aromatic N) is 2. The maximum Gasteiger partial charge on any atom is 0.335 e. The molecule has 0 radical (unpaired) electrons. The summed E-state index contributed by atoms with van der Waals surface area (Å²) in [4.78, 5) is 20.2. The number of aromatic hydroxyl groups is 1. The summed E-state index contributed by atoms with van der Waals surface area (Å²) in [6.45, 7) is 3.51. The first kappa shape index (κ1) is 18.9. The fourth-order valence-corrected chi connectivity index (χ4v) is 2.24. The molecule has 2 rings (SSSR count). The van der Waals surface area contributed by atoms with Crippen molar-refractivity contribution in [2.24, 2.45) is 4.99 Å². The number of rotatable bonds is 9. The van der Waals surface area contributed by atoms with Crippen molar-refractivity contribution in [2.75, 3.05) is 47.2 Å². The summed E-state index contributed by atoms with van der Waals surface area (Å²) in [6.07, 6.45) is 1.49. The lowest BCUT2D eigenvalue weighted by molar-refractivity contribution is -0.145. The Kier molecular flexibility index (Phi) is 6.54. The standard InChI is InChI=1S/C16H23N3O6/c1-16(15(21)23-3)10-18-14(19-16)12-13(20)11(4-5-17-12)25-9-8-24-7-6-22-2/h4-5,20H,6-10H2,1-3H3,(H,18,19). The van der Waals surface area contributed by atoms with Gasteiger partial charge in [-0.25, -0.2) is 14.8 Å². The Labute approximate surface area is 146 Å². The average molecular weight is 353 g/mol. The minimum absolute atomic E-state index is 0.153. The van der Waals surface area contributed by atoms with Crippen LogP contribution in [0.3, 0.4) is 0 Å². The molecule has 9 heteroatoms. The van der Waals surface area contributed by atoms with E-state index in [1.165, 1.54) is 13.3 Å². The van der Waals surface area contributed by atoms with E-state index in [9.17, 15) is 9.90 Å². The molecule has 2 N–H and O–H groups in total. The van der Waals surface area contributed by atoms with Gasteiger partial charge in [0.15, 0.2) is 28.6 Å².